The van der Waals surface area contributed by atoms with Gasteiger partial charge in [0, 0.05) is 37.6 Å². The van der Waals surface area contributed by atoms with Crippen LogP contribution in [0.25, 0.3) is 0 Å². The van der Waals surface area contributed by atoms with Crippen LogP contribution in [-0.2, 0) is 4.79 Å². The zero-order chi connectivity index (χ0) is 18.5. The van der Waals surface area contributed by atoms with Gasteiger partial charge in [0.2, 0.25) is 5.91 Å². The van der Waals surface area contributed by atoms with Gasteiger partial charge in [0.05, 0.1) is 10.6 Å². The van der Waals surface area contributed by atoms with E-state index in [4.69, 9.17) is 23.2 Å². The maximum Gasteiger partial charge on any atom is 0.255 e. The molecule has 0 bridgehead atoms. The van der Waals surface area contributed by atoms with Crippen LogP contribution in [0.15, 0.2) is 18.2 Å². The monoisotopic (exact) mass is 397 g/mol. The molecule has 2 aliphatic heterocycles. The van der Waals surface area contributed by atoms with Crippen LogP contribution in [0.4, 0.5) is 0 Å². The molecule has 2 saturated heterocycles. The molecular formula is C19H25Cl2N3O2. The van der Waals surface area contributed by atoms with E-state index in [1.54, 1.807) is 23.1 Å². The number of hydrogen-bond acceptors (Lipinski definition) is 3. The minimum Gasteiger partial charge on any atom is -0.339 e. The van der Waals surface area contributed by atoms with Gasteiger partial charge >= 0.3 is 0 Å². The summed E-state index contributed by atoms with van der Waals surface area (Å²) in [7, 11) is 0. The molecule has 0 aromatic heterocycles. The first-order valence-corrected chi connectivity index (χ1v) is 10.0. The van der Waals surface area contributed by atoms with Gasteiger partial charge in [-0.15, -0.1) is 0 Å². The van der Waals surface area contributed by atoms with E-state index in [1.165, 1.54) is 0 Å². The Morgan fingerprint density at radius 3 is 2.35 bits per heavy atom. The number of carbonyl (C=O) groups is 2. The molecule has 3 rings (SSSR count). The van der Waals surface area contributed by atoms with Crippen molar-refractivity contribution < 1.29 is 9.59 Å². The van der Waals surface area contributed by atoms with Crippen molar-refractivity contribution >= 4 is 35.0 Å². The number of rotatable bonds is 4. The summed E-state index contributed by atoms with van der Waals surface area (Å²) >= 11 is 12.0. The van der Waals surface area contributed by atoms with Crippen molar-refractivity contribution in [3.63, 3.8) is 0 Å². The minimum atomic E-state index is -0.103. The van der Waals surface area contributed by atoms with Crippen LogP contribution >= 0.6 is 23.2 Å². The van der Waals surface area contributed by atoms with Crippen LogP contribution in [0, 0.1) is 5.92 Å². The van der Waals surface area contributed by atoms with E-state index in [-0.39, 0.29) is 11.8 Å². The molecule has 2 amide bonds. The standard InChI is InChI=1S/C19H25Cl2N3O2/c20-15-2-3-16(17(21)13-15)19(26)24-11-9-23(10-12-24)18(25)4-1-14-5-7-22-8-6-14/h2-3,13-14,22H,1,4-12H2. The Morgan fingerprint density at radius 1 is 1.04 bits per heavy atom. The van der Waals surface area contributed by atoms with Crippen molar-refractivity contribution in [1.29, 1.82) is 0 Å². The quantitative estimate of drug-likeness (QED) is 0.848. The van der Waals surface area contributed by atoms with Gasteiger partial charge in [-0.1, -0.05) is 23.2 Å². The predicted molar refractivity (Wildman–Crippen MR) is 104 cm³/mol. The number of nitrogens with zero attached hydrogens (tertiary/aromatic N) is 2. The molecule has 0 unspecified atom stereocenters. The molecule has 0 spiro atoms. The molecule has 0 atom stereocenters. The van der Waals surface area contributed by atoms with Crippen LogP contribution in [0.3, 0.4) is 0 Å². The van der Waals surface area contributed by atoms with Gasteiger partial charge in [-0.25, -0.2) is 0 Å². The lowest BCUT2D eigenvalue weighted by atomic mass is 9.93. The molecule has 1 aromatic rings. The van der Waals surface area contributed by atoms with Crippen LogP contribution in [-0.4, -0.2) is 60.9 Å². The van der Waals surface area contributed by atoms with Gasteiger partial charge in [-0.05, 0) is 56.5 Å². The fourth-order valence-electron chi connectivity index (χ4n) is 3.65. The smallest absolute Gasteiger partial charge is 0.255 e. The van der Waals surface area contributed by atoms with E-state index in [9.17, 15) is 9.59 Å². The normalized spacial score (nSPS) is 18.8. The molecule has 0 aliphatic carbocycles. The summed E-state index contributed by atoms with van der Waals surface area (Å²) in [6.45, 7) is 4.37. The average molecular weight is 398 g/mol. The second-order valence-corrected chi connectivity index (χ2v) is 7.87. The van der Waals surface area contributed by atoms with Crippen LogP contribution in [0.5, 0.6) is 0 Å². The maximum absolute atomic E-state index is 12.6. The molecule has 142 valence electrons. The van der Waals surface area contributed by atoms with Crippen molar-refractivity contribution in [3.05, 3.63) is 33.8 Å². The van der Waals surface area contributed by atoms with Crippen LogP contribution < -0.4 is 5.32 Å². The number of halogens is 2. The fourth-order valence-corrected chi connectivity index (χ4v) is 4.14. The van der Waals surface area contributed by atoms with Gasteiger partial charge in [-0.2, -0.15) is 0 Å². The van der Waals surface area contributed by atoms with E-state index >= 15 is 0 Å². The topological polar surface area (TPSA) is 52.7 Å². The fraction of sp³-hybridized carbons (Fsp3) is 0.579. The second-order valence-electron chi connectivity index (χ2n) is 7.03. The lowest BCUT2D eigenvalue weighted by molar-refractivity contribution is -0.133. The van der Waals surface area contributed by atoms with Gasteiger partial charge in [0.15, 0.2) is 0 Å². The highest BCUT2D eigenvalue weighted by molar-refractivity contribution is 6.36. The highest BCUT2D eigenvalue weighted by atomic mass is 35.5. The molecule has 7 heteroatoms. The number of carbonyl (C=O) groups excluding carboxylic acids is 2. The molecule has 2 heterocycles. The first kappa shape index (κ1) is 19.5. The summed E-state index contributed by atoms with van der Waals surface area (Å²) in [5.74, 6) is 0.767. The van der Waals surface area contributed by atoms with Gasteiger partial charge < -0.3 is 15.1 Å². The maximum atomic E-state index is 12.6. The summed E-state index contributed by atoms with van der Waals surface area (Å²) in [6.07, 6.45) is 3.91. The van der Waals surface area contributed by atoms with E-state index in [0.717, 1.165) is 32.4 Å². The van der Waals surface area contributed by atoms with Crippen LogP contribution in [0.1, 0.15) is 36.0 Å². The summed E-state index contributed by atoms with van der Waals surface area (Å²) in [5, 5.41) is 4.23. The Kier molecular flexibility index (Phi) is 6.79. The number of amides is 2. The van der Waals surface area contributed by atoms with Gasteiger partial charge in [-0.3, -0.25) is 9.59 Å². The lowest BCUT2D eigenvalue weighted by Gasteiger charge is -2.35. The number of piperazine rings is 1. The Hall–Kier alpha value is -1.30. The van der Waals surface area contributed by atoms with Crippen molar-refractivity contribution in [1.82, 2.24) is 15.1 Å². The Morgan fingerprint density at radius 2 is 1.69 bits per heavy atom. The third-order valence-corrected chi connectivity index (χ3v) is 5.85. The Labute approximate surface area is 164 Å². The lowest BCUT2D eigenvalue weighted by Crippen LogP contribution is -2.50. The predicted octanol–water partition coefficient (Wildman–Crippen LogP) is 3.06. The minimum absolute atomic E-state index is 0.103. The zero-order valence-corrected chi connectivity index (χ0v) is 16.4. The van der Waals surface area contributed by atoms with Crippen molar-refractivity contribution in [3.8, 4) is 0 Å². The van der Waals surface area contributed by atoms with Crippen molar-refractivity contribution in [2.24, 2.45) is 5.92 Å². The number of nitrogens with one attached hydrogen (secondary N) is 1. The first-order valence-electron chi connectivity index (χ1n) is 9.27. The third-order valence-electron chi connectivity index (χ3n) is 5.31. The Balaban J connectivity index is 1.47. The van der Waals surface area contributed by atoms with Crippen molar-refractivity contribution in [2.45, 2.75) is 25.7 Å². The van der Waals surface area contributed by atoms with E-state index in [2.05, 4.69) is 5.32 Å². The van der Waals surface area contributed by atoms with E-state index in [1.807, 2.05) is 4.90 Å². The molecule has 2 fully saturated rings. The van der Waals surface area contributed by atoms with Crippen molar-refractivity contribution in [2.75, 3.05) is 39.3 Å². The van der Waals surface area contributed by atoms with Gasteiger partial charge in [0.25, 0.3) is 5.91 Å². The molecule has 2 aliphatic rings. The highest BCUT2D eigenvalue weighted by Crippen LogP contribution is 2.23. The summed E-state index contributed by atoms with van der Waals surface area (Å²) in [4.78, 5) is 28.7. The SMILES string of the molecule is O=C(CCC1CCNCC1)N1CCN(C(=O)c2ccc(Cl)cc2Cl)CC1. The van der Waals surface area contributed by atoms with E-state index < -0.39 is 0 Å². The number of benzene rings is 1. The molecule has 0 saturated carbocycles. The summed E-state index contributed by atoms with van der Waals surface area (Å²) in [6, 6.07) is 4.90. The summed E-state index contributed by atoms with van der Waals surface area (Å²) < 4.78 is 0. The zero-order valence-electron chi connectivity index (χ0n) is 14.8. The number of hydrogen-bond donors (Lipinski definition) is 1. The first-order chi connectivity index (χ1) is 12.5. The molecule has 1 aromatic carbocycles. The third kappa shape index (κ3) is 4.90. The average Bonchev–Trinajstić information content (AvgIpc) is 2.66. The number of piperidine rings is 1. The summed E-state index contributed by atoms with van der Waals surface area (Å²) in [5.41, 5.74) is 0.460. The van der Waals surface area contributed by atoms with E-state index in [0.29, 0.717) is 54.1 Å². The Bertz CT molecular complexity index is 654. The second kappa shape index (κ2) is 9.07. The highest BCUT2D eigenvalue weighted by Gasteiger charge is 2.26. The molecular weight excluding hydrogens is 373 g/mol. The largest absolute Gasteiger partial charge is 0.339 e. The van der Waals surface area contributed by atoms with Crippen LogP contribution in [0.2, 0.25) is 10.0 Å². The molecule has 5 nitrogen and oxygen atoms in total. The molecule has 26 heavy (non-hydrogen) atoms. The molecule has 1 N–H and O–H groups in total. The van der Waals surface area contributed by atoms with Gasteiger partial charge in [0.1, 0.15) is 0 Å². The molecule has 0 radical (unpaired) electrons.